The van der Waals surface area contributed by atoms with E-state index in [2.05, 4.69) is 10.6 Å². The number of hydrogen-bond acceptors (Lipinski definition) is 4. The highest BCUT2D eigenvalue weighted by molar-refractivity contribution is 5.87. The fourth-order valence-corrected chi connectivity index (χ4v) is 1.44. The molecule has 0 saturated heterocycles. The predicted octanol–water partition coefficient (Wildman–Crippen LogP) is 1.13. The van der Waals surface area contributed by atoms with Crippen LogP contribution in [0.5, 0.6) is 0 Å². The summed E-state index contributed by atoms with van der Waals surface area (Å²) in [7, 11) is 0. The van der Waals surface area contributed by atoms with Gasteiger partial charge < -0.3 is 20.5 Å². The first kappa shape index (κ1) is 18.2. The Hall–Kier alpha value is -1.79. The highest BCUT2D eigenvalue weighted by atomic mass is 16.6. The van der Waals surface area contributed by atoms with Crippen molar-refractivity contribution < 1.29 is 24.2 Å². The van der Waals surface area contributed by atoms with Crippen LogP contribution in [-0.2, 0) is 14.3 Å². The molecule has 0 saturated carbocycles. The molecular weight excluding hydrogens is 264 g/mol. The molecule has 0 aliphatic carbocycles. The number of carboxylic acid groups (broad SMARTS) is 1. The van der Waals surface area contributed by atoms with Gasteiger partial charge in [-0.05, 0) is 33.1 Å². The molecule has 0 bridgehead atoms. The number of alkyl carbamates (subject to hydrolysis) is 1. The summed E-state index contributed by atoms with van der Waals surface area (Å²) in [6.45, 7) is 8.46. The zero-order chi connectivity index (χ0) is 15.9. The number of ether oxygens (including phenoxy) is 1. The lowest BCUT2D eigenvalue weighted by Crippen LogP contribution is -2.49. The van der Waals surface area contributed by atoms with Crippen LogP contribution < -0.4 is 10.6 Å². The molecule has 0 rings (SSSR count). The summed E-state index contributed by atoms with van der Waals surface area (Å²) in [4.78, 5) is 33.9. The van der Waals surface area contributed by atoms with E-state index in [1.807, 2.05) is 13.8 Å². The average molecular weight is 288 g/mol. The number of rotatable bonds is 6. The lowest BCUT2D eigenvalue weighted by atomic mass is 10.0. The van der Waals surface area contributed by atoms with Crippen molar-refractivity contribution in [3.8, 4) is 0 Å². The maximum atomic E-state index is 11.8. The number of aliphatic carboxylic acids is 1. The molecule has 7 nitrogen and oxygen atoms in total. The first-order chi connectivity index (χ1) is 9.01. The Kier molecular flexibility index (Phi) is 7.02. The molecule has 0 heterocycles. The highest BCUT2D eigenvalue weighted by Crippen LogP contribution is 2.09. The molecule has 2 amide bonds. The van der Waals surface area contributed by atoms with E-state index < -0.39 is 36.2 Å². The van der Waals surface area contributed by atoms with Crippen LogP contribution in [0.4, 0.5) is 4.79 Å². The molecule has 0 radical (unpaired) electrons. The van der Waals surface area contributed by atoms with Crippen LogP contribution in [-0.4, -0.2) is 41.3 Å². The normalized spacial score (nSPS) is 12.7. The summed E-state index contributed by atoms with van der Waals surface area (Å²) in [5.74, 6) is -1.52. The Balaban J connectivity index is 4.59. The molecule has 20 heavy (non-hydrogen) atoms. The Morgan fingerprint density at radius 3 is 2.15 bits per heavy atom. The van der Waals surface area contributed by atoms with E-state index in [4.69, 9.17) is 9.84 Å². The van der Waals surface area contributed by atoms with Crippen LogP contribution in [0.25, 0.3) is 0 Å². The zero-order valence-corrected chi connectivity index (χ0v) is 12.6. The molecule has 0 spiro atoms. The predicted molar refractivity (Wildman–Crippen MR) is 73.3 cm³/mol. The zero-order valence-electron chi connectivity index (χ0n) is 12.6. The van der Waals surface area contributed by atoms with Crippen LogP contribution >= 0.6 is 0 Å². The quantitative estimate of drug-likeness (QED) is 0.679. The molecule has 0 aromatic carbocycles. The third-order valence-electron chi connectivity index (χ3n) is 2.13. The van der Waals surface area contributed by atoms with E-state index in [0.29, 0.717) is 6.42 Å². The topological polar surface area (TPSA) is 105 Å². The molecule has 3 N–H and O–H groups in total. The highest BCUT2D eigenvalue weighted by Gasteiger charge is 2.25. The van der Waals surface area contributed by atoms with Crippen molar-refractivity contribution in [2.45, 2.75) is 52.7 Å². The molecule has 0 unspecified atom stereocenters. The van der Waals surface area contributed by atoms with Gasteiger partial charge in [-0.15, -0.1) is 0 Å². The van der Waals surface area contributed by atoms with Crippen molar-refractivity contribution in [1.29, 1.82) is 0 Å². The van der Waals surface area contributed by atoms with Crippen molar-refractivity contribution in [3.63, 3.8) is 0 Å². The van der Waals surface area contributed by atoms with Gasteiger partial charge in [-0.25, -0.2) is 4.79 Å². The van der Waals surface area contributed by atoms with Gasteiger partial charge in [0.25, 0.3) is 0 Å². The Morgan fingerprint density at radius 2 is 1.75 bits per heavy atom. The number of amides is 2. The second-order valence-corrected chi connectivity index (χ2v) is 5.94. The Morgan fingerprint density at radius 1 is 1.20 bits per heavy atom. The maximum Gasteiger partial charge on any atom is 0.408 e. The summed E-state index contributed by atoms with van der Waals surface area (Å²) < 4.78 is 5.08. The van der Waals surface area contributed by atoms with Gasteiger partial charge in [0.05, 0.1) is 0 Å². The summed E-state index contributed by atoms with van der Waals surface area (Å²) >= 11 is 0. The van der Waals surface area contributed by atoms with Crippen LogP contribution in [0.3, 0.4) is 0 Å². The fraction of sp³-hybridized carbons (Fsp3) is 0.769. The molecule has 0 fully saturated rings. The minimum Gasteiger partial charge on any atom is -0.480 e. The number of hydrogen-bond donors (Lipinski definition) is 3. The standard InChI is InChI=1S/C13H24N2O5/c1-8(2)6-9(11(18)14-7-10(16)17)15-12(19)20-13(3,4)5/h8-9H,6-7H2,1-5H3,(H,14,18)(H,15,19)(H,16,17)/t9-/m1/s1. The largest absolute Gasteiger partial charge is 0.480 e. The Labute approximate surface area is 119 Å². The third kappa shape index (κ3) is 9.18. The molecule has 0 aromatic rings. The van der Waals surface area contributed by atoms with Crippen LogP contribution in [0, 0.1) is 5.92 Å². The average Bonchev–Trinajstić information content (AvgIpc) is 2.21. The first-order valence-corrected chi connectivity index (χ1v) is 6.50. The summed E-state index contributed by atoms with van der Waals surface area (Å²) in [5, 5.41) is 13.2. The lowest BCUT2D eigenvalue weighted by molar-refractivity contribution is -0.138. The van der Waals surface area contributed by atoms with Gasteiger partial charge >= 0.3 is 12.1 Å². The van der Waals surface area contributed by atoms with E-state index in [1.54, 1.807) is 20.8 Å². The second-order valence-electron chi connectivity index (χ2n) is 5.94. The van der Waals surface area contributed by atoms with Crippen molar-refractivity contribution in [2.75, 3.05) is 6.54 Å². The van der Waals surface area contributed by atoms with Crippen LogP contribution in [0.2, 0.25) is 0 Å². The van der Waals surface area contributed by atoms with E-state index in [0.717, 1.165) is 0 Å². The van der Waals surface area contributed by atoms with Gasteiger partial charge in [-0.1, -0.05) is 13.8 Å². The molecule has 0 aliphatic rings. The van der Waals surface area contributed by atoms with E-state index >= 15 is 0 Å². The molecule has 0 aromatic heterocycles. The number of carbonyl (C=O) groups is 3. The van der Waals surface area contributed by atoms with Crippen LogP contribution in [0.15, 0.2) is 0 Å². The number of carbonyl (C=O) groups excluding carboxylic acids is 2. The van der Waals surface area contributed by atoms with Crippen molar-refractivity contribution >= 4 is 18.0 Å². The van der Waals surface area contributed by atoms with Crippen molar-refractivity contribution in [2.24, 2.45) is 5.92 Å². The van der Waals surface area contributed by atoms with Gasteiger partial charge in [0.1, 0.15) is 18.2 Å². The third-order valence-corrected chi connectivity index (χ3v) is 2.13. The van der Waals surface area contributed by atoms with Crippen LogP contribution in [0.1, 0.15) is 41.0 Å². The minimum absolute atomic E-state index is 0.158. The smallest absolute Gasteiger partial charge is 0.408 e. The minimum atomic E-state index is -1.14. The van der Waals surface area contributed by atoms with Crippen molar-refractivity contribution in [1.82, 2.24) is 10.6 Å². The summed E-state index contributed by atoms with van der Waals surface area (Å²) in [5.41, 5.74) is -0.663. The lowest BCUT2D eigenvalue weighted by Gasteiger charge is -2.24. The maximum absolute atomic E-state index is 11.8. The molecular formula is C13H24N2O5. The second kappa shape index (κ2) is 7.72. The van der Waals surface area contributed by atoms with Gasteiger partial charge in [0.15, 0.2) is 0 Å². The monoisotopic (exact) mass is 288 g/mol. The Bertz CT molecular complexity index is 360. The first-order valence-electron chi connectivity index (χ1n) is 6.50. The number of nitrogens with one attached hydrogen (secondary N) is 2. The molecule has 0 aliphatic heterocycles. The van der Waals surface area contributed by atoms with Gasteiger partial charge in [-0.2, -0.15) is 0 Å². The van der Waals surface area contributed by atoms with Crippen molar-refractivity contribution in [3.05, 3.63) is 0 Å². The summed E-state index contributed by atoms with van der Waals surface area (Å²) in [6, 6.07) is -0.816. The molecule has 116 valence electrons. The number of carboxylic acids is 1. The molecule has 1 atom stereocenters. The molecule has 7 heteroatoms. The van der Waals surface area contributed by atoms with E-state index in [1.165, 1.54) is 0 Å². The van der Waals surface area contributed by atoms with Gasteiger partial charge in [0, 0.05) is 0 Å². The summed E-state index contributed by atoms with van der Waals surface area (Å²) in [6.07, 6.45) is -0.307. The van der Waals surface area contributed by atoms with Gasteiger partial charge in [-0.3, -0.25) is 9.59 Å². The van der Waals surface area contributed by atoms with E-state index in [-0.39, 0.29) is 5.92 Å². The van der Waals surface area contributed by atoms with Gasteiger partial charge in [0.2, 0.25) is 5.91 Å². The fourth-order valence-electron chi connectivity index (χ4n) is 1.44. The van der Waals surface area contributed by atoms with E-state index in [9.17, 15) is 14.4 Å². The SMILES string of the molecule is CC(C)C[C@@H](NC(=O)OC(C)(C)C)C(=O)NCC(=O)O.